The van der Waals surface area contributed by atoms with Gasteiger partial charge in [-0.15, -0.1) is 0 Å². The van der Waals surface area contributed by atoms with Crippen LogP contribution in [0.1, 0.15) is 36.2 Å². The van der Waals surface area contributed by atoms with Crippen molar-refractivity contribution in [3.8, 4) is 0 Å². The van der Waals surface area contributed by atoms with E-state index in [9.17, 15) is 22.4 Å². The number of carbonyl (C=O) groups is 1. The van der Waals surface area contributed by atoms with Crippen molar-refractivity contribution in [2.75, 3.05) is 13.1 Å². The van der Waals surface area contributed by atoms with E-state index in [2.05, 4.69) is 6.92 Å². The van der Waals surface area contributed by atoms with E-state index in [0.29, 0.717) is 25.1 Å². The van der Waals surface area contributed by atoms with E-state index in [1.807, 2.05) is 6.92 Å². The molecule has 116 valence electrons. The lowest BCUT2D eigenvalue weighted by molar-refractivity contribution is -0.140. The second-order valence-electron chi connectivity index (χ2n) is 5.66. The summed E-state index contributed by atoms with van der Waals surface area (Å²) in [6, 6.07) is 2.82. The first-order chi connectivity index (χ1) is 9.71. The molecule has 1 amide bonds. The minimum atomic E-state index is -4.80. The maximum absolute atomic E-state index is 14.0. The zero-order chi connectivity index (χ0) is 15.8. The standard InChI is InChI=1S/C15H17F4NO/c1-9-6-7-20(8-10(9)2)14(21)11-4-3-5-12(13(11)16)15(17,18)19/h3-5,9-10H,6-8H2,1-2H3. The van der Waals surface area contributed by atoms with Crippen LogP contribution in [0.2, 0.25) is 0 Å². The zero-order valence-corrected chi connectivity index (χ0v) is 11.9. The highest BCUT2D eigenvalue weighted by Gasteiger charge is 2.36. The Hall–Kier alpha value is -1.59. The first-order valence-corrected chi connectivity index (χ1v) is 6.86. The molecule has 0 aliphatic carbocycles. The van der Waals surface area contributed by atoms with Crippen molar-refractivity contribution in [2.45, 2.75) is 26.4 Å². The zero-order valence-electron chi connectivity index (χ0n) is 11.9. The molecule has 0 N–H and O–H groups in total. The molecule has 2 atom stereocenters. The van der Waals surface area contributed by atoms with Gasteiger partial charge >= 0.3 is 6.18 Å². The number of nitrogens with zero attached hydrogens (tertiary/aromatic N) is 1. The lowest BCUT2D eigenvalue weighted by Crippen LogP contribution is -2.42. The van der Waals surface area contributed by atoms with Crippen LogP contribution in [0.3, 0.4) is 0 Å². The van der Waals surface area contributed by atoms with Crippen LogP contribution in [-0.2, 0) is 6.18 Å². The third kappa shape index (κ3) is 3.19. The molecule has 2 nitrogen and oxygen atoms in total. The smallest absolute Gasteiger partial charge is 0.338 e. The van der Waals surface area contributed by atoms with E-state index in [1.165, 1.54) is 4.90 Å². The largest absolute Gasteiger partial charge is 0.419 e. The van der Waals surface area contributed by atoms with Gasteiger partial charge in [-0.2, -0.15) is 13.2 Å². The summed E-state index contributed by atoms with van der Waals surface area (Å²) < 4.78 is 52.0. The van der Waals surface area contributed by atoms with Crippen LogP contribution in [0.5, 0.6) is 0 Å². The summed E-state index contributed by atoms with van der Waals surface area (Å²) in [6.45, 7) is 4.93. The molecule has 0 radical (unpaired) electrons. The SMILES string of the molecule is CC1CCN(C(=O)c2cccc(C(F)(F)F)c2F)CC1C. The van der Waals surface area contributed by atoms with Gasteiger partial charge in [-0.3, -0.25) is 4.79 Å². The second kappa shape index (κ2) is 5.66. The predicted molar refractivity (Wildman–Crippen MR) is 70.3 cm³/mol. The topological polar surface area (TPSA) is 20.3 Å². The molecule has 1 fully saturated rings. The van der Waals surface area contributed by atoms with Gasteiger partial charge in [0.15, 0.2) is 0 Å². The van der Waals surface area contributed by atoms with Crippen LogP contribution in [-0.4, -0.2) is 23.9 Å². The third-order valence-corrected chi connectivity index (χ3v) is 4.16. The van der Waals surface area contributed by atoms with Gasteiger partial charge in [0.1, 0.15) is 5.82 Å². The summed E-state index contributed by atoms with van der Waals surface area (Å²) in [5.41, 5.74) is -1.90. The molecule has 21 heavy (non-hydrogen) atoms. The summed E-state index contributed by atoms with van der Waals surface area (Å²) in [6.07, 6.45) is -4.03. The molecule has 0 spiro atoms. The Kier molecular flexibility index (Phi) is 4.25. The van der Waals surface area contributed by atoms with Gasteiger partial charge in [0.05, 0.1) is 11.1 Å². The van der Waals surface area contributed by atoms with Crippen LogP contribution < -0.4 is 0 Å². The molecular formula is C15H17F4NO. The van der Waals surface area contributed by atoms with E-state index in [4.69, 9.17) is 0 Å². The van der Waals surface area contributed by atoms with Crippen molar-refractivity contribution in [3.05, 3.63) is 35.1 Å². The van der Waals surface area contributed by atoms with Crippen molar-refractivity contribution in [1.82, 2.24) is 4.90 Å². The van der Waals surface area contributed by atoms with Crippen molar-refractivity contribution in [3.63, 3.8) is 0 Å². The molecule has 1 aromatic rings. The maximum atomic E-state index is 14.0. The molecular weight excluding hydrogens is 286 g/mol. The third-order valence-electron chi connectivity index (χ3n) is 4.16. The predicted octanol–water partition coefficient (Wildman–Crippen LogP) is 3.96. The second-order valence-corrected chi connectivity index (χ2v) is 5.66. The van der Waals surface area contributed by atoms with E-state index in [1.54, 1.807) is 0 Å². The first-order valence-electron chi connectivity index (χ1n) is 6.86. The molecule has 6 heteroatoms. The Morgan fingerprint density at radius 3 is 2.48 bits per heavy atom. The normalized spacial score (nSPS) is 23.2. The molecule has 0 bridgehead atoms. The van der Waals surface area contributed by atoms with E-state index in [-0.39, 0.29) is 5.92 Å². The number of likely N-dealkylation sites (tertiary alicyclic amines) is 1. The van der Waals surface area contributed by atoms with Crippen molar-refractivity contribution in [2.24, 2.45) is 11.8 Å². The Balaban J connectivity index is 2.28. The van der Waals surface area contributed by atoms with Gasteiger partial charge in [0.25, 0.3) is 5.91 Å². The highest BCUT2D eigenvalue weighted by Crippen LogP contribution is 2.33. The number of hydrogen-bond donors (Lipinski definition) is 0. The molecule has 2 rings (SSSR count). The number of benzene rings is 1. The Morgan fingerprint density at radius 2 is 1.90 bits per heavy atom. The fraction of sp³-hybridized carbons (Fsp3) is 0.533. The fourth-order valence-corrected chi connectivity index (χ4v) is 2.53. The number of carbonyl (C=O) groups excluding carboxylic acids is 1. The van der Waals surface area contributed by atoms with Crippen molar-refractivity contribution in [1.29, 1.82) is 0 Å². The molecule has 1 aliphatic rings. The highest BCUT2D eigenvalue weighted by molar-refractivity contribution is 5.94. The molecule has 1 aliphatic heterocycles. The molecule has 1 saturated heterocycles. The van der Waals surface area contributed by atoms with E-state index >= 15 is 0 Å². The van der Waals surface area contributed by atoms with Gasteiger partial charge in [0.2, 0.25) is 0 Å². The van der Waals surface area contributed by atoms with Crippen LogP contribution in [0.15, 0.2) is 18.2 Å². The molecule has 0 saturated carbocycles. The van der Waals surface area contributed by atoms with Crippen LogP contribution in [0.25, 0.3) is 0 Å². The minimum absolute atomic E-state index is 0.247. The number of hydrogen-bond acceptors (Lipinski definition) is 1. The molecule has 1 aromatic carbocycles. The van der Waals surface area contributed by atoms with Crippen molar-refractivity contribution >= 4 is 5.91 Å². The monoisotopic (exact) mass is 303 g/mol. The maximum Gasteiger partial charge on any atom is 0.419 e. The van der Waals surface area contributed by atoms with Gasteiger partial charge in [0, 0.05) is 13.1 Å². The summed E-state index contributed by atoms with van der Waals surface area (Å²) in [4.78, 5) is 13.7. The van der Waals surface area contributed by atoms with Crippen molar-refractivity contribution < 1.29 is 22.4 Å². The molecule has 1 heterocycles. The Morgan fingerprint density at radius 1 is 1.24 bits per heavy atom. The van der Waals surface area contributed by atoms with Gasteiger partial charge < -0.3 is 4.90 Å². The van der Waals surface area contributed by atoms with Gasteiger partial charge in [-0.1, -0.05) is 19.9 Å². The Labute approximate surface area is 120 Å². The average molecular weight is 303 g/mol. The summed E-state index contributed by atoms with van der Waals surface area (Å²) in [7, 11) is 0. The average Bonchev–Trinajstić information content (AvgIpc) is 2.40. The number of rotatable bonds is 1. The molecule has 0 aromatic heterocycles. The lowest BCUT2D eigenvalue weighted by Gasteiger charge is -2.35. The van der Waals surface area contributed by atoms with Gasteiger partial charge in [-0.05, 0) is 30.4 Å². The summed E-state index contributed by atoms with van der Waals surface area (Å²) in [5, 5.41) is 0. The van der Waals surface area contributed by atoms with E-state index in [0.717, 1.165) is 18.6 Å². The first kappa shape index (κ1) is 15.8. The van der Waals surface area contributed by atoms with Crippen LogP contribution in [0.4, 0.5) is 17.6 Å². The summed E-state index contributed by atoms with van der Waals surface area (Å²) >= 11 is 0. The highest BCUT2D eigenvalue weighted by atomic mass is 19.4. The Bertz CT molecular complexity index is 541. The van der Waals surface area contributed by atoms with E-state index < -0.39 is 29.0 Å². The lowest BCUT2D eigenvalue weighted by atomic mass is 9.88. The van der Waals surface area contributed by atoms with Crippen LogP contribution >= 0.6 is 0 Å². The number of amides is 1. The number of alkyl halides is 3. The number of halogens is 4. The van der Waals surface area contributed by atoms with Crippen LogP contribution in [0, 0.1) is 17.7 Å². The molecule has 2 unspecified atom stereocenters. The minimum Gasteiger partial charge on any atom is -0.338 e. The summed E-state index contributed by atoms with van der Waals surface area (Å²) in [5.74, 6) is -1.46. The number of piperidine rings is 1. The quantitative estimate of drug-likeness (QED) is 0.719. The van der Waals surface area contributed by atoms with Gasteiger partial charge in [-0.25, -0.2) is 4.39 Å². The fourth-order valence-electron chi connectivity index (χ4n) is 2.53.